The molecular weight excluding hydrogens is 166 g/mol. The van der Waals surface area contributed by atoms with Gasteiger partial charge >= 0.3 is 5.97 Å². The van der Waals surface area contributed by atoms with Crippen LogP contribution in [0.25, 0.3) is 0 Å². The van der Waals surface area contributed by atoms with Gasteiger partial charge < -0.3 is 5.11 Å². The zero-order chi connectivity index (χ0) is 9.47. The van der Waals surface area contributed by atoms with Crippen molar-refractivity contribution < 1.29 is 9.90 Å². The Morgan fingerprint density at radius 2 is 2.08 bits per heavy atom. The second-order valence-corrected chi connectivity index (χ2v) is 4.68. The summed E-state index contributed by atoms with van der Waals surface area (Å²) in [5, 5.41) is 8.99. The number of likely N-dealkylation sites (N-methyl/N-ethyl adjacent to an activating group) is 1. The topological polar surface area (TPSA) is 40.5 Å². The predicted molar refractivity (Wildman–Crippen MR) is 49.6 cm³/mol. The lowest BCUT2D eigenvalue weighted by molar-refractivity contribution is -0.141. The summed E-state index contributed by atoms with van der Waals surface area (Å²) < 4.78 is 0. The van der Waals surface area contributed by atoms with E-state index in [1.165, 1.54) is 25.7 Å². The molecule has 1 aliphatic heterocycles. The third-order valence-electron chi connectivity index (χ3n) is 3.69. The lowest BCUT2D eigenvalue weighted by Crippen LogP contribution is -2.32. The minimum absolute atomic E-state index is 0.224. The van der Waals surface area contributed by atoms with Crippen LogP contribution >= 0.6 is 0 Å². The van der Waals surface area contributed by atoms with Crippen molar-refractivity contribution in [1.82, 2.24) is 4.90 Å². The van der Waals surface area contributed by atoms with E-state index in [4.69, 9.17) is 5.11 Å². The molecule has 2 aliphatic rings. The Morgan fingerprint density at radius 3 is 2.54 bits per heavy atom. The second kappa shape index (κ2) is 2.98. The van der Waals surface area contributed by atoms with Crippen LogP contribution in [-0.4, -0.2) is 35.6 Å². The van der Waals surface area contributed by atoms with Gasteiger partial charge in [0.15, 0.2) is 0 Å². The van der Waals surface area contributed by atoms with Crippen LogP contribution in [0.4, 0.5) is 0 Å². The van der Waals surface area contributed by atoms with E-state index in [0.717, 1.165) is 13.0 Å². The van der Waals surface area contributed by atoms with Crippen molar-refractivity contribution in [3.8, 4) is 0 Å². The Balaban J connectivity index is 2.09. The molecule has 13 heavy (non-hydrogen) atoms. The van der Waals surface area contributed by atoms with Crippen LogP contribution in [0.5, 0.6) is 0 Å². The van der Waals surface area contributed by atoms with Gasteiger partial charge in [-0.05, 0) is 31.7 Å². The van der Waals surface area contributed by atoms with Crippen molar-refractivity contribution in [2.45, 2.75) is 38.1 Å². The fourth-order valence-corrected chi connectivity index (χ4v) is 3.03. The predicted octanol–water partition coefficient (Wildman–Crippen LogP) is 1.34. The summed E-state index contributed by atoms with van der Waals surface area (Å²) in [6.45, 7) is 0.990. The van der Waals surface area contributed by atoms with Crippen molar-refractivity contribution in [2.75, 3.05) is 13.6 Å². The number of hydrogen-bond donors (Lipinski definition) is 1. The molecule has 1 saturated heterocycles. The molecule has 1 spiro atoms. The molecule has 74 valence electrons. The van der Waals surface area contributed by atoms with Crippen molar-refractivity contribution in [3.63, 3.8) is 0 Å². The molecule has 0 aromatic heterocycles. The van der Waals surface area contributed by atoms with Gasteiger partial charge in [0.2, 0.25) is 0 Å². The first-order chi connectivity index (χ1) is 6.13. The smallest absolute Gasteiger partial charge is 0.320 e. The molecule has 0 aromatic carbocycles. The van der Waals surface area contributed by atoms with Crippen LogP contribution in [0.15, 0.2) is 0 Å². The largest absolute Gasteiger partial charge is 0.480 e. The summed E-state index contributed by atoms with van der Waals surface area (Å²) in [5.74, 6) is -0.647. The quantitative estimate of drug-likeness (QED) is 0.666. The summed E-state index contributed by atoms with van der Waals surface area (Å²) in [4.78, 5) is 12.9. The molecule has 0 aromatic rings. The molecule has 3 heteroatoms. The van der Waals surface area contributed by atoms with Crippen molar-refractivity contribution in [2.24, 2.45) is 5.41 Å². The number of nitrogens with zero attached hydrogens (tertiary/aromatic N) is 1. The molecule has 0 amide bonds. The van der Waals surface area contributed by atoms with E-state index in [2.05, 4.69) is 0 Å². The fraction of sp³-hybridized carbons (Fsp3) is 0.900. The van der Waals surface area contributed by atoms with Gasteiger partial charge in [-0.1, -0.05) is 12.8 Å². The molecule has 0 unspecified atom stereocenters. The lowest BCUT2D eigenvalue weighted by Gasteiger charge is -2.21. The number of hydrogen-bond acceptors (Lipinski definition) is 2. The van der Waals surface area contributed by atoms with Crippen LogP contribution in [0.2, 0.25) is 0 Å². The maximum absolute atomic E-state index is 10.9. The molecular formula is C10H17NO2. The Hall–Kier alpha value is -0.570. The number of carbonyl (C=O) groups is 1. The highest BCUT2D eigenvalue weighted by molar-refractivity contribution is 5.74. The monoisotopic (exact) mass is 183 g/mol. The fourth-order valence-electron chi connectivity index (χ4n) is 3.03. The number of likely N-dealkylation sites (tertiary alicyclic amines) is 1. The molecule has 3 nitrogen and oxygen atoms in total. The Kier molecular flexibility index (Phi) is 2.06. The van der Waals surface area contributed by atoms with Gasteiger partial charge in [-0.15, -0.1) is 0 Å². The highest BCUT2D eigenvalue weighted by Gasteiger charge is 2.46. The highest BCUT2D eigenvalue weighted by Crippen LogP contribution is 2.47. The van der Waals surface area contributed by atoms with E-state index >= 15 is 0 Å². The van der Waals surface area contributed by atoms with E-state index in [1.807, 2.05) is 11.9 Å². The molecule has 2 fully saturated rings. The first kappa shape index (κ1) is 9.00. The molecule has 0 bridgehead atoms. The molecule has 0 radical (unpaired) electrons. The van der Waals surface area contributed by atoms with Crippen molar-refractivity contribution >= 4 is 5.97 Å². The standard InChI is InChI=1S/C10H17NO2/c1-11-7-10(4-2-3-5-10)6-8(11)9(12)13/h8H,2-7H2,1H3,(H,12,13)/t8-/m0/s1. The average Bonchev–Trinajstić information content (AvgIpc) is 2.60. The summed E-state index contributed by atoms with van der Waals surface area (Å²) in [6.07, 6.45) is 5.93. The Bertz CT molecular complexity index is 221. The third kappa shape index (κ3) is 1.46. The first-order valence-corrected chi connectivity index (χ1v) is 5.06. The SMILES string of the molecule is CN1CC2(CCCC2)C[C@H]1C(=O)O. The van der Waals surface area contributed by atoms with Gasteiger partial charge in [0.05, 0.1) is 0 Å². The number of carboxylic acid groups (broad SMARTS) is 1. The Labute approximate surface area is 78.7 Å². The van der Waals surface area contributed by atoms with E-state index in [-0.39, 0.29) is 6.04 Å². The van der Waals surface area contributed by atoms with E-state index in [9.17, 15) is 4.79 Å². The lowest BCUT2D eigenvalue weighted by atomic mass is 9.84. The summed E-state index contributed by atoms with van der Waals surface area (Å²) in [5.41, 5.74) is 0.359. The summed E-state index contributed by atoms with van der Waals surface area (Å²) >= 11 is 0. The van der Waals surface area contributed by atoms with Gasteiger partial charge in [0.25, 0.3) is 0 Å². The highest BCUT2D eigenvalue weighted by atomic mass is 16.4. The van der Waals surface area contributed by atoms with Crippen LogP contribution in [0.1, 0.15) is 32.1 Å². The Morgan fingerprint density at radius 1 is 1.46 bits per heavy atom. The molecule has 1 N–H and O–H groups in total. The van der Waals surface area contributed by atoms with Gasteiger partial charge in [0.1, 0.15) is 6.04 Å². The van der Waals surface area contributed by atoms with Crippen LogP contribution in [-0.2, 0) is 4.79 Å². The third-order valence-corrected chi connectivity index (χ3v) is 3.69. The van der Waals surface area contributed by atoms with Gasteiger partial charge in [-0.3, -0.25) is 9.69 Å². The zero-order valence-electron chi connectivity index (χ0n) is 8.12. The van der Waals surface area contributed by atoms with Crippen LogP contribution < -0.4 is 0 Å². The first-order valence-electron chi connectivity index (χ1n) is 5.06. The van der Waals surface area contributed by atoms with Gasteiger partial charge in [-0.25, -0.2) is 0 Å². The molecule has 1 heterocycles. The van der Waals surface area contributed by atoms with E-state index < -0.39 is 5.97 Å². The zero-order valence-corrected chi connectivity index (χ0v) is 8.12. The average molecular weight is 183 g/mol. The molecule has 1 aliphatic carbocycles. The second-order valence-electron chi connectivity index (χ2n) is 4.68. The van der Waals surface area contributed by atoms with E-state index in [0.29, 0.717) is 5.41 Å². The van der Waals surface area contributed by atoms with Crippen molar-refractivity contribution in [1.29, 1.82) is 0 Å². The van der Waals surface area contributed by atoms with E-state index in [1.54, 1.807) is 0 Å². The van der Waals surface area contributed by atoms with Gasteiger partial charge in [-0.2, -0.15) is 0 Å². The van der Waals surface area contributed by atoms with Gasteiger partial charge in [0, 0.05) is 6.54 Å². The van der Waals surface area contributed by atoms with Crippen LogP contribution in [0, 0.1) is 5.41 Å². The van der Waals surface area contributed by atoms with Crippen molar-refractivity contribution in [3.05, 3.63) is 0 Å². The molecule has 2 rings (SSSR count). The normalized spacial score (nSPS) is 32.8. The maximum atomic E-state index is 10.9. The minimum atomic E-state index is -0.647. The number of rotatable bonds is 1. The summed E-state index contributed by atoms with van der Waals surface area (Å²) in [7, 11) is 1.94. The molecule has 1 saturated carbocycles. The van der Waals surface area contributed by atoms with Crippen LogP contribution in [0.3, 0.4) is 0 Å². The maximum Gasteiger partial charge on any atom is 0.320 e. The summed E-state index contributed by atoms with van der Waals surface area (Å²) in [6, 6.07) is -0.224. The molecule has 1 atom stereocenters. The number of aliphatic carboxylic acids is 1. The number of carboxylic acids is 1. The minimum Gasteiger partial charge on any atom is -0.480 e.